The molecule has 0 aromatic heterocycles. The monoisotopic (exact) mass is 200 g/mol. The van der Waals surface area contributed by atoms with Gasteiger partial charge in [-0.2, -0.15) is 0 Å². The highest BCUT2D eigenvalue weighted by Gasteiger charge is 2.36. The number of aliphatic hydroxyl groups is 1. The summed E-state index contributed by atoms with van der Waals surface area (Å²) in [6.07, 6.45) is 3.24. The fourth-order valence-electron chi connectivity index (χ4n) is 2.67. The van der Waals surface area contributed by atoms with E-state index in [4.69, 9.17) is 4.74 Å². The molecule has 0 amide bonds. The van der Waals surface area contributed by atoms with E-state index in [0.717, 1.165) is 12.8 Å². The predicted molar refractivity (Wildman–Crippen MR) is 58.2 cm³/mol. The first-order valence-corrected chi connectivity index (χ1v) is 5.75. The molecule has 0 radical (unpaired) electrons. The first kappa shape index (κ1) is 12.0. The van der Waals surface area contributed by atoms with Crippen LogP contribution in [0.2, 0.25) is 0 Å². The Morgan fingerprint density at radius 1 is 1.29 bits per heavy atom. The Hall–Kier alpha value is -0.0800. The fraction of sp³-hybridized carbons (Fsp3) is 1.00. The first-order chi connectivity index (χ1) is 6.41. The normalized spacial score (nSPS) is 39.0. The number of rotatable bonds is 3. The fourth-order valence-corrected chi connectivity index (χ4v) is 2.67. The molecule has 0 bridgehead atoms. The van der Waals surface area contributed by atoms with Gasteiger partial charge >= 0.3 is 0 Å². The summed E-state index contributed by atoms with van der Waals surface area (Å²) in [6, 6.07) is 0. The molecule has 84 valence electrons. The molecule has 2 heteroatoms. The van der Waals surface area contributed by atoms with Crippen LogP contribution in [0.3, 0.4) is 0 Å². The Morgan fingerprint density at radius 3 is 2.21 bits per heavy atom. The van der Waals surface area contributed by atoms with Crippen LogP contribution in [-0.2, 0) is 4.74 Å². The summed E-state index contributed by atoms with van der Waals surface area (Å²) in [6.45, 7) is 8.96. The summed E-state index contributed by atoms with van der Waals surface area (Å²) < 4.78 is 5.53. The van der Waals surface area contributed by atoms with Crippen LogP contribution in [0.25, 0.3) is 0 Å². The second-order valence-electron chi connectivity index (χ2n) is 5.44. The van der Waals surface area contributed by atoms with E-state index in [2.05, 4.69) is 13.8 Å². The standard InChI is InChI=1S/C12H24O2/c1-9(2)14-8-12(13)6-10(3)5-11(4)7-12/h9-11,13H,5-8H2,1-4H3. The summed E-state index contributed by atoms with van der Waals surface area (Å²) in [5.74, 6) is 1.25. The Morgan fingerprint density at radius 2 is 1.79 bits per heavy atom. The SMILES string of the molecule is CC1CC(C)CC(O)(COC(C)C)C1. The summed E-state index contributed by atoms with van der Waals surface area (Å²) in [4.78, 5) is 0. The summed E-state index contributed by atoms with van der Waals surface area (Å²) in [5.41, 5.74) is -0.568. The second kappa shape index (κ2) is 4.63. The average Bonchev–Trinajstić information content (AvgIpc) is 1.98. The van der Waals surface area contributed by atoms with E-state index < -0.39 is 5.60 Å². The molecule has 1 rings (SSSR count). The third-order valence-corrected chi connectivity index (χ3v) is 2.95. The van der Waals surface area contributed by atoms with Gasteiger partial charge in [0.15, 0.2) is 0 Å². The molecule has 14 heavy (non-hydrogen) atoms. The highest BCUT2D eigenvalue weighted by atomic mass is 16.5. The van der Waals surface area contributed by atoms with E-state index in [1.54, 1.807) is 0 Å². The quantitative estimate of drug-likeness (QED) is 0.759. The van der Waals surface area contributed by atoms with E-state index >= 15 is 0 Å². The molecule has 2 atom stereocenters. The third-order valence-electron chi connectivity index (χ3n) is 2.95. The minimum absolute atomic E-state index is 0.214. The molecule has 1 N–H and O–H groups in total. The van der Waals surface area contributed by atoms with Gasteiger partial charge in [0.2, 0.25) is 0 Å². The molecule has 0 aliphatic heterocycles. The lowest BCUT2D eigenvalue weighted by Crippen LogP contribution is -2.42. The maximum absolute atomic E-state index is 10.3. The van der Waals surface area contributed by atoms with Gasteiger partial charge in [0.1, 0.15) is 0 Å². The molecule has 1 fully saturated rings. The van der Waals surface area contributed by atoms with E-state index in [9.17, 15) is 5.11 Å². The third kappa shape index (κ3) is 3.58. The predicted octanol–water partition coefficient (Wildman–Crippen LogP) is 2.60. The van der Waals surface area contributed by atoms with Crippen molar-refractivity contribution in [2.75, 3.05) is 6.61 Å². The van der Waals surface area contributed by atoms with Crippen molar-refractivity contribution in [1.82, 2.24) is 0 Å². The van der Waals surface area contributed by atoms with Gasteiger partial charge < -0.3 is 9.84 Å². The molecular formula is C12H24O2. The number of hydrogen-bond acceptors (Lipinski definition) is 2. The highest BCUT2D eigenvalue weighted by Crippen LogP contribution is 2.36. The molecule has 2 unspecified atom stereocenters. The molecule has 2 nitrogen and oxygen atoms in total. The molecule has 1 aliphatic carbocycles. The molecule has 0 saturated heterocycles. The maximum atomic E-state index is 10.3. The minimum Gasteiger partial charge on any atom is -0.387 e. The zero-order chi connectivity index (χ0) is 10.8. The van der Waals surface area contributed by atoms with Gasteiger partial charge in [-0.05, 0) is 44.9 Å². The van der Waals surface area contributed by atoms with E-state index in [1.165, 1.54) is 6.42 Å². The van der Waals surface area contributed by atoms with Crippen molar-refractivity contribution >= 4 is 0 Å². The van der Waals surface area contributed by atoms with Gasteiger partial charge in [-0.3, -0.25) is 0 Å². The van der Waals surface area contributed by atoms with Crippen LogP contribution in [0, 0.1) is 11.8 Å². The first-order valence-electron chi connectivity index (χ1n) is 5.75. The van der Waals surface area contributed by atoms with Gasteiger partial charge in [-0.1, -0.05) is 13.8 Å². The topological polar surface area (TPSA) is 29.5 Å². The Bertz CT molecular complexity index is 167. The van der Waals surface area contributed by atoms with Crippen molar-refractivity contribution in [2.45, 2.75) is 58.7 Å². The number of ether oxygens (including phenoxy) is 1. The van der Waals surface area contributed by atoms with E-state index in [-0.39, 0.29) is 6.10 Å². The van der Waals surface area contributed by atoms with Crippen LogP contribution < -0.4 is 0 Å². The average molecular weight is 200 g/mol. The zero-order valence-electron chi connectivity index (χ0n) is 9.92. The molecule has 0 aromatic rings. The van der Waals surface area contributed by atoms with Gasteiger partial charge in [-0.25, -0.2) is 0 Å². The van der Waals surface area contributed by atoms with Crippen LogP contribution in [0.15, 0.2) is 0 Å². The highest BCUT2D eigenvalue weighted by molar-refractivity contribution is 4.87. The van der Waals surface area contributed by atoms with Crippen LogP contribution in [0.1, 0.15) is 47.0 Å². The minimum atomic E-state index is -0.568. The Kier molecular flexibility index (Phi) is 3.96. The molecule has 0 spiro atoms. The number of hydrogen-bond donors (Lipinski definition) is 1. The summed E-state index contributed by atoms with van der Waals surface area (Å²) >= 11 is 0. The van der Waals surface area contributed by atoms with Crippen molar-refractivity contribution in [1.29, 1.82) is 0 Å². The van der Waals surface area contributed by atoms with E-state index in [1.807, 2.05) is 13.8 Å². The maximum Gasteiger partial charge on any atom is 0.0885 e. The molecule has 1 saturated carbocycles. The molecule has 1 aliphatic rings. The lowest BCUT2D eigenvalue weighted by atomic mass is 9.74. The van der Waals surface area contributed by atoms with Gasteiger partial charge in [0.25, 0.3) is 0 Å². The molecule has 0 aromatic carbocycles. The molecule has 0 heterocycles. The van der Waals surface area contributed by atoms with Crippen LogP contribution in [0.4, 0.5) is 0 Å². The smallest absolute Gasteiger partial charge is 0.0885 e. The molecular weight excluding hydrogens is 176 g/mol. The lowest BCUT2D eigenvalue weighted by molar-refractivity contribution is -0.103. The summed E-state index contributed by atoms with van der Waals surface area (Å²) in [5, 5.41) is 10.3. The van der Waals surface area contributed by atoms with Crippen LogP contribution >= 0.6 is 0 Å². The zero-order valence-corrected chi connectivity index (χ0v) is 9.92. The Labute approximate surface area is 87.7 Å². The van der Waals surface area contributed by atoms with Crippen molar-refractivity contribution < 1.29 is 9.84 Å². The largest absolute Gasteiger partial charge is 0.387 e. The van der Waals surface area contributed by atoms with Crippen LogP contribution in [0.5, 0.6) is 0 Å². The van der Waals surface area contributed by atoms with Gasteiger partial charge in [0, 0.05) is 0 Å². The van der Waals surface area contributed by atoms with Crippen molar-refractivity contribution in [3.05, 3.63) is 0 Å². The van der Waals surface area contributed by atoms with Gasteiger partial charge in [-0.15, -0.1) is 0 Å². The van der Waals surface area contributed by atoms with Crippen LogP contribution in [-0.4, -0.2) is 23.4 Å². The van der Waals surface area contributed by atoms with Crippen molar-refractivity contribution in [3.8, 4) is 0 Å². The van der Waals surface area contributed by atoms with Crippen molar-refractivity contribution in [3.63, 3.8) is 0 Å². The van der Waals surface area contributed by atoms with Gasteiger partial charge in [0.05, 0.1) is 18.3 Å². The summed E-state index contributed by atoms with van der Waals surface area (Å²) in [7, 11) is 0. The van der Waals surface area contributed by atoms with E-state index in [0.29, 0.717) is 18.4 Å². The van der Waals surface area contributed by atoms with Crippen molar-refractivity contribution in [2.24, 2.45) is 11.8 Å². The second-order valence-corrected chi connectivity index (χ2v) is 5.44. The lowest BCUT2D eigenvalue weighted by Gasteiger charge is -2.39. The Balaban J connectivity index is 2.46.